The second kappa shape index (κ2) is 8.92. The zero-order chi connectivity index (χ0) is 22.6. The smallest absolute Gasteiger partial charge is 0.277 e. The minimum atomic E-state index is -0.339. The number of amides is 1. The first-order chi connectivity index (χ1) is 16.1. The number of hydrogen-bond donors (Lipinski definition) is 1. The molecule has 7 heteroatoms. The average molecular weight is 436 g/mol. The number of hydrogen-bond acceptors (Lipinski definition) is 6. The molecular weight excluding hydrogens is 416 g/mol. The second-order valence-corrected chi connectivity index (χ2v) is 7.64. The molecule has 0 saturated heterocycles. The van der Waals surface area contributed by atoms with Gasteiger partial charge in [-0.3, -0.25) is 4.79 Å². The van der Waals surface area contributed by atoms with Crippen molar-refractivity contribution in [2.24, 2.45) is 0 Å². The first-order valence-corrected chi connectivity index (χ1v) is 10.5. The van der Waals surface area contributed by atoms with E-state index in [1.165, 1.54) is 0 Å². The average Bonchev–Trinajstić information content (AvgIpc) is 3.52. The molecule has 5 aromatic rings. The molecule has 0 atom stereocenters. The fourth-order valence-corrected chi connectivity index (χ4v) is 3.33. The molecule has 33 heavy (non-hydrogen) atoms. The lowest BCUT2D eigenvalue weighted by atomic mass is 10.1. The number of benzene rings is 3. The molecule has 0 aliphatic carbocycles. The van der Waals surface area contributed by atoms with Crippen LogP contribution in [0.1, 0.15) is 27.5 Å². The number of carbonyl (C=O) groups is 1. The summed E-state index contributed by atoms with van der Waals surface area (Å²) in [6, 6.07) is 26.6. The monoisotopic (exact) mass is 436 g/mol. The second-order valence-electron chi connectivity index (χ2n) is 7.64. The molecule has 5 rings (SSSR count). The minimum absolute atomic E-state index is 0.217. The van der Waals surface area contributed by atoms with Crippen molar-refractivity contribution in [2.45, 2.75) is 13.3 Å². The van der Waals surface area contributed by atoms with E-state index in [4.69, 9.17) is 8.94 Å². The maximum absolute atomic E-state index is 12.6. The fraction of sp³-hybridized carbons (Fsp3) is 0.0769. The number of rotatable bonds is 6. The molecule has 0 unspecified atom stereocenters. The molecule has 0 saturated carbocycles. The molecule has 0 aliphatic rings. The Kier molecular flexibility index (Phi) is 5.51. The van der Waals surface area contributed by atoms with Crippen LogP contribution in [-0.4, -0.2) is 21.3 Å². The van der Waals surface area contributed by atoms with E-state index in [0.717, 1.165) is 22.3 Å². The normalized spacial score (nSPS) is 10.8. The molecule has 3 aromatic carbocycles. The van der Waals surface area contributed by atoms with Gasteiger partial charge in [0.05, 0.1) is 6.42 Å². The highest BCUT2D eigenvalue weighted by molar-refractivity contribution is 6.03. The number of anilines is 1. The van der Waals surface area contributed by atoms with Gasteiger partial charge in [-0.1, -0.05) is 65.3 Å². The van der Waals surface area contributed by atoms with Crippen LogP contribution >= 0.6 is 0 Å². The Hall–Kier alpha value is -4.52. The van der Waals surface area contributed by atoms with Crippen molar-refractivity contribution in [2.75, 3.05) is 5.32 Å². The summed E-state index contributed by atoms with van der Waals surface area (Å²) < 4.78 is 11.1. The summed E-state index contributed by atoms with van der Waals surface area (Å²) in [5.74, 6) is 1.23. The third kappa shape index (κ3) is 4.72. The van der Waals surface area contributed by atoms with Crippen LogP contribution in [0.2, 0.25) is 0 Å². The SMILES string of the molecule is Cc1ccc(-c2cc(C(=O)Nc3ccc(Cc4nnc(-c5ccccc5)o4)cc3)no2)cc1. The molecule has 2 aromatic heterocycles. The van der Waals surface area contributed by atoms with Crippen LogP contribution in [0.25, 0.3) is 22.8 Å². The summed E-state index contributed by atoms with van der Waals surface area (Å²) in [4.78, 5) is 12.6. The zero-order valence-corrected chi connectivity index (χ0v) is 17.9. The molecular formula is C26H20N4O3. The van der Waals surface area contributed by atoms with Gasteiger partial charge in [-0.25, -0.2) is 0 Å². The van der Waals surface area contributed by atoms with Crippen LogP contribution in [0.15, 0.2) is 93.9 Å². The Morgan fingerprint density at radius 1 is 0.879 bits per heavy atom. The van der Waals surface area contributed by atoms with Crippen LogP contribution in [-0.2, 0) is 6.42 Å². The lowest BCUT2D eigenvalue weighted by Gasteiger charge is -2.04. The van der Waals surface area contributed by atoms with Crippen molar-refractivity contribution < 1.29 is 13.7 Å². The summed E-state index contributed by atoms with van der Waals surface area (Å²) in [7, 11) is 0. The molecule has 0 spiro atoms. The van der Waals surface area contributed by atoms with Crippen LogP contribution < -0.4 is 5.32 Å². The first kappa shape index (κ1) is 20.4. The summed E-state index contributed by atoms with van der Waals surface area (Å²) in [5.41, 5.74) is 4.75. The third-order valence-corrected chi connectivity index (χ3v) is 5.13. The van der Waals surface area contributed by atoms with E-state index in [2.05, 4.69) is 20.7 Å². The van der Waals surface area contributed by atoms with Crippen molar-refractivity contribution in [3.8, 4) is 22.8 Å². The van der Waals surface area contributed by atoms with Gasteiger partial charge in [-0.05, 0) is 36.8 Å². The lowest BCUT2D eigenvalue weighted by molar-refractivity contribution is 0.101. The highest BCUT2D eigenvalue weighted by Crippen LogP contribution is 2.22. The number of aromatic nitrogens is 3. The Morgan fingerprint density at radius 2 is 1.64 bits per heavy atom. The van der Waals surface area contributed by atoms with Gasteiger partial charge in [-0.2, -0.15) is 0 Å². The van der Waals surface area contributed by atoms with Crippen LogP contribution in [0.4, 0.5) is 5.69 Å². The van der Waals surface area contributed by atoms with Crippen molar-refractivity contribution in [3.05, 3.63) is 108 Å². The summed E-state index contributed by atoms with van der Waals surface area (Å²) >= 11 is 0. The van der Waals surface area contributed by atoms with Crippen molar-refractivity contribution in [3.63, 3.8) is 0 Å². The van der Waals surface area contributed by atoms with Gasteiger partial charge in [0, 0.05) is 22.9 Å². The molecule has 7 nitrogen and oxygen atoms in total. The number of nitrogens with one attached hydrogen (secondary N) is 1. The van der Waals surface area contributed by atoms with Crippen molar-refractivity contribution in [1.82, 2.24) is 15.4 Å². The van der Waals surface area contributed by atoms with Crippen LogP contribution in [0.5, 0.6) is 0 Å². The molecule has 1 N–H and O–H groups in total. The molecule has 1 amide bonds. The highest BCUT2D eigenvalue weighted by Gasteiger charge is 2.14. The molecule has 0 fully saturated rings. The van der Waals surface area contributed by atoms with Gasteiger partial charge >= 0.3 is 0 Å². The van der Waals surface area contributed by atoms with Gasteiger partial charge in [0.2, 0.25) is 11.8 Å². The molecule has 2 heterocycles. The molecule has 0 bridgehead atoms. The van der Waals surface area contributed by atoms with E-state index in [1.54, 1.807) is 6.07 Å². The van der Waals surface area contributed by atoms with E-state index in [-0.39, 0.29) is 11.6 Å². The van der Waals surface area contributed by atoms with E-state index >= 15 is 0 Å². The van der Waals surface area contributed by atoms with E-state index in [1.807, 2.05) is 85.8 Å². The largest absolute Gasteiger partial charge is 0.420 e. The topological polar surface area (TPSA) is 94.1 Å². The Labute approximate surface area is 190 Å². The zero-order valence-electron chi connectivity index (χ0n) is 17.9. The van der Waals surface area contributed by atoms with Crippen molar-refractivity contribution >= 4 is 11.6 Å². The van der Waals surface area contributed by atoms with Gasteiger partial charge in [0.1, 0.15) is 0 Å². The number of aryl methyl sites for hydroxylation is 1. The summed E-state index contributed by atoms with van der Waals surface area (Å²) in [5, 5.41) is 15.0. The predicted molar refractivity (Wildman–Crippen MR) is 124 cm³/mol. The number of carbonyl (C=O) groups excluding carboxylic acids is 1. The van der Waals surface area contributed by atoms with Gasteiger partial charge in [0.15, 0.2) is 11.5 Å². The minimum Gasteiger partial charge on any atom is -0.420 e. The Bertz CT molecular complexity index is 1370. The fourth-order valence-electron chi connectivity index (χ4n) is 3.33. The van der Waals surface area contributed by atoms with E-state index < -0.39 is 0 Å². The Balaban J connectivity index is 1.22. The number of nitrogens with zero attached hydrogens (tertiary/aromatic N) is 3. The summed E-state index contributed by atoms with van der Waals surface area (Å²) in [6.45, 7) is 2.01. The molecule has 162 valence electrons. The maximum atomic E-state index is 12.6. The van der Waals surface area contributed by atoms with E-state index in [9.17, 15) is 4.79 Å². The van der Waals surface area contributed by atoms with Crippen LogP contribution in [0, 0.1) is 6.92 Å². The van der Waals surface area contributed by atoms with Gasteiger partial charge in [0.25, 0.3) is 5.91 Å². The third-order valence-electron chi connectivity index (χ3n) is 5.13. The standard InChI is InChI=1S/C26H20N4O3/c1-17-7-11-19(12-8-17)23-16-22(30-33-23)25(31)27-21-13-9-18(10-14-21)15-24-28-29-26(32-24)20-5-3-2-4-6-20/h2-14,16H,15H2,1H3,(H,27,31). The first-order valence-electron chi connectivity index (χ1n) is 10.5. The Morgan fingerprint density at radius 3 is 2.39 bits per heavy atom. The quantitative estimate of drug-likeness (QED) is 0.375. The molecule has 0 radical (unpaired) electrons. The van der Waals surface area contributed by atoms with Crippen molar-refractivity contribution in [1.29, 1.82) is 0 Å². The predicted octanol–water partition coefficient (Wildman–Crippen LogP) is 5.54. The van der Waals surface area contributed by atoms with E-state index in [0.29, 0.717) is 29.6 Å². The summed E-state index contributed by atoms with van der Waals surface area (Å²) in [6.07, 6.45) is 0.497. The lowest BCUT2D eigenvalue weighted by Crippen LogP contribution is -2.12. The highest BCUT2D eigenvalue weighted by atomic mass is 16.5. The van der Waals surface area contributed by atoms with Gasteiger partial charge in [-0.15, -0.1) is 10.2 Å². The maximum Gasteiger partial charge on any atom is 0.277 e. The van der Waals surface area contributed by atoms with Crippen LogP contribution in [0.3, 0.4) is 0 Å². The van der Waals surface area contributed by atoms with Gasteiger partial charge < -0.3 is 14.3 Å². The molecule has 0 aliphatic heterocycles.